The number of allylic oxidation sites excluding steroid dienone is 4. The number of pyridine rings is 1. The van der Waals surface area contributed by atoms with Gasteiger partial charge in [-0.15, -0.1) is 0 Å². The fraction of sp³-hybridized carbons (Fsp3) is 0.0404. The molecule has 19 aromatic rings. The van der Waals surface area contributed by atoms with Gasteiger partial charge in [-0.1, -0.05) is 257 Å². The predicted molar refractivity (Wildman–Crippen MR) is 434 cm³/mol. The Bertz CT molecular complexity index is 6860. The molecule has 1 unspecified atom stereocenters. The van der Waals surface area contributed by atoms with Crippen LogP contribution >= 0.6 is 0 Å². The van der Waals surface area contributed by atoms with Gasteiger partial charge in [-0.05, 0) is 227 Å². The second-order valence-corrected chi connectivity index (χ2v) is 28.2. The third-order valence-corrected chi connectivity index (χ3v) is 22.1. The van der Waals surface area contributed by atoms with Gasteiger partial charge in [-0.2, -0.15) is 0 Å². The molecule has 1 aliphatic heterocycles. The fourth-order valence-corrected chi connectivity index (χ4v) is 17.0. The van der Waals surface area contributed by atoms with Crippen molar-refractivity contribution in [2.45, 2.75) is 25.8 Å². The van der Waals surface area contributed by atoms with Crippen LogP contribution in [0.15, 0.2) is 354 Å². The first-order chi connectivity index (χ1) is 50.8. The van der Waals surface area contributed by atoms with Gasteiger partial charge in [0.15, 0.2) is 0 Å². The zero-order valence-electron chi connectivity index (χ0n) is 56.7. The van der Waals surface area contributed by atoms with E-state index in [9.17, 15) is 0 Å². The Hall–Kier alpha value is -13.2. The lowest BCUT2D eigenvalue weighted by molar-refractivity contribution is 0.669. The topological polar surface area (TPSA) is 42.4 Å². The van der Waals surface area contributed by atoms with Gasteiger partial charge in [-0.3, -0.25) is 4.98 Å². The number of anilines is 1. The molecule has 0 N–H and O–H groups in total. The summed E-state index contributed by atoms with van der Waals surface area (Å²) in [5, 5.41) is 18.3. The molecular formula is C99H64N2O2. The van der Waals surface area contributed by atoms with Gasteiger partial charge in [0.25, 0.3) is 0 Å². The van der Waals surface area contributed by atoms with Crippen LogP contribution in [-0.4, -0.2) is 11.0 Å². The highest BCUT2D eigenvalue weighted by molar-refractivity contribution is 6.38. The standard InChI is InChI=1S/C99H64N2O2/c1-59(2)60-28-30-61(31-29-60)68-20-14-21-71(50-68)81-45-47-84-83-46-44-80(64-34-37-66(38-35-64)90-27-12-13-48-100-90)98-97(83)95-89(57-75(58-93(95)103-98)101-49-15-22-67-39-41-73(55-91(67)101)78-25-11-10-23-76(78)62-16-4-3-5-17-62)88-54-74(56-92-94(88)96(84)99(81)102-92)86-53-72-19-7-9-26-79(72)87-52-70(42-43-82(86)87)69-40-36-65-33-32-63-18-6-8-24-77(63)85(65)51-69/h3-59,91H,1-2H3. The third-order valence-electron chi connectivity index (χ3n) is 22.1. The molecule has 16 aromatic carbocycles. The van der Waals surface area contributed by atoms with E-state index in [0.29, 0.717) is 5.92 Å². The lowest BCUT2D eigenvalue weighted by atomic mass is 9.87. The quantitative estimate of drug-likeness (QED) is 0.128. The van der Waals surface area contributed by atoms with Crippen molar-refractivity contribution in [2.24, 2.45) is 0 Å². The summed E-state index contributed by atoms with van der Waals surface area (Å²) in [4.78, 5) is 7.17. The Morgan fingerprint density at radius 2 is 0.913 bits per heavy atom. The fourth-order valence-electron chi connectivity index (χ4n) is 17.0. The molecular weight excluding hydrogens is 1250 g/mol. The first kappa shape index (κ1) is 58.8. The summed E-state index contributed by atoms with van der Waals surface area (Å²) in [5.41, 5.74) is 24.6. The van der Waals surface area contributed by atoms with Crippen LogP contribution in [0.4, 0.5) is 5.69 Å². The second-order valence-electron chi connectivity index (χ2n) is 28.2. The van der Waals surface area contributed by atoms with Crippen molar-refractivity contribution < 1.29 is 8.83 Å². The van der Waals surface area contributed by atoms with E-state index < -0.39 is 0 Å². The van der Waals surface area contributed by atoms with Crippen LogP contribution in [0.25, 0.3) is 192 Å². The Labute approximate surface area is 595 Å². The summed E-state index contributed by atoms with van der Waals surface area (Å²) in [5.74, 6) is 0.437. The molecule has 482 valence electrons. The van der Waals surface area contributed by atoms with E-state index in [2.05, 4.69) is 340 Å². The van der Waals surface area contributed by atoms with Crippen molar-refractivity contribution in [3.05, 3.63) is 357 Å². The molecule has 0 spiro atoms. The molecule has 0 saturated carbocycles. The van der Waals surface area contributed by atoms with Crippen LogP contribution < -0.4 is 4.90 Å². The summed E-state index contributed by atoms with van der Waals surface area (Å²) in [6.45, 7) is 4.50. The van der Waals surface area contributed by atoms with Crippen molar-refractivity contribution in [1.82, 2.24) is 4.98 Å². The maximum atomic E-state index is 7.79. The molecule has 0 saturated heterocycles. The average molecular weight is 1310 g/mol. The van der Waals surface area contributed by atoms with Gasteiger partial charge < -0.3 is 13.7 Å². The molecule has 0 fully saturated rings. The van der Waals surface area contributed by atoms with Crippen LogP contribution in [-0.2, 0) is 0 Å². The molecule has 1 aliphatic carbocycles. The maximum Gasteiger partial charge on any atom is 0.143 e. The van der Waals surface area contributed by atoms with Crippen LogP contribution in [0, 0.1) is 0 Å². The first-order valence-corrected chi connectivity index (χ1v) is 35.7. The van der Waals surface area contributed by atoms with Crippen LogP contribution in [0.1, 0.15) is 30.9 Å². The minimum Gasteiger partial charge on any atom is -0.455 e. The number of aromatic nitrogens is 1. The van der Waals surface area contributed by atoms with Crippen LogP contribution in [0.3, 0.4) is 0 Å². The van der Waals surface area contributed by atoms with E-state index in [1.54, 1.807) is 0 Å². The number of furan rings is 2. The van der Waals surface area contributed by atoms with E-state index >= 15 is 0 Å². The Morgan fingerprint density at radius 1 is 0.340 bits per heavy atom. The molecule has 1 atom stereocenters. The molecule has 4 nitrogen and oxygen atoms in total. The lowest BCUT2D eigenvalue weighted by Crippen LogP contribution is -2.33. The van der Waals surface area contributed by atoms with Crippen molar-refractivity contribution in [1.29, 1.82) is 0 Å². The largest absolute Gasteiger partial charge is 0.455 e. The Morgan fingerprint density at radius 3 is 1.68 bits per heavy atom. The van der Waals surface area contributed by atoms with Crippen molar-refractivity contribution in [3.8, 4) is 78.0 Å². The van der Waals surface area contributed by atoms with E-state index in [4.69, 9.17) is 13.8 Å². The summed E-state index contributed by atoms with van der Waals surface area (Å²) in [6, 6.07) is 110. The minimum atomic E-state index is -0.137. The molecule has 2 aliphatic rings. The predicted octanol–water partition coefficient (Wildman–Crippen LogP) is 27.3. The molecule has 21 rings (SSSR count). The van der Waals surface area contributed by atoms with Gasteiger partial charge in [0.2, 0.25) is 0 Å². The number of hydrogen-bond acceptors (Lipinski definition) is 4. The zero-order valence-corrected chi connectivity index (χ0v) is 56.7. The van der Waals surface area contributed by atoms with Crippen LogP contribution in [0.5, 0.6) is 0 Å². The highest BCUT2D eigenvalue weighted by Crippen LogP contribution is 2.53. The third kappa shape index (κ3) is 9.48. The van der Waals surface area contributed by atoms with E-state index in [1.165, 1.54) is 87.8 Å². The second kappa shape index (κ2) is 23.2. The van der Waals surface area contributed by atoms with Crippen molar-refractivity contribution in [2.75, 3.05) is 4.90 Å². The number of hydrogen-bond donors (Lipinski definition) is 0. The normalized spacial score (nSPS) is 13.9. The molecule has 4 heteroatoms. The smallest absolute Gasteiger partial charge is 0.143 e. The summed E-state index contributed by atoms with van der Waals surface area (Å²) in [7, 11) is 0. The van der Waals surface area contributed by atoms with E-state index in [0.717, 1.165) is 127 Å². The number of benzene rings is 15. The summed E-state index contributed by atoms with van der Waals surface area (Å²) >= 11 is 0. The Balaban J connectivity index is 0.847. The molecule has 4 heterocycles. The molecule has 0 amide bonds. The number of nitrogens with zero attached hydrogens (tertiary/aromatic N) is 2. The number of fused-ring (bicyclic) bond motifs is 9. The van der Waals surface area contributed by atoms with Gasteiger partial charge >= 0.3 is 0 Å². The molecule has 3 aromatic heterocycles. The van der Waals surface area contributed by atoms with E-state index in [-0.39, 0.29) is 6.04 Å². The zero-order chi connectivity index (χ0) is 68.0. The SMILES string of the molecule is CC(C)c1ccc(-c2cccc(-c3ccc4c5ccc(-c6ccc(-c7ccccn7)cc6)c6oc7cc(N8C=CC=C9C=CC(c%10ccccc%10-c%10ccccc%10)=CC98)cc(c8cc(-c9cc%10ccccc%10c%10cc(-c%11ccc%12ccc%13ccccc%13c%12c%11)ccc9%10)cc9oc3c4c98)c7c65)c2)cc1. The molecule has 0 bridgehead atoms. The van der Waals surface area contributed by atoms with Gasteiger partial charge in [0, 0.05) is 62.4 Å². The lowest BCUT2D eigenvalue weighted by Gasteiger charge is -2.34. The first-order valence-electron chi connectivity index (χ1n) is 35.7. The van der Waals surface area contributed by atoms with Crippen LogP contribution in [0.2, 0.25) is 0 Å². The monoisotopic (exact) mass is 1310 g/mol. The van der Waals surface area contributed by atoms with Gasteiger partial charge in [0.05, 0.1) is 11.7 Å². The number of rotatable bonds is 10. The summed E-state index contributed by atoms with van der Waals surface area (Å²) < 4.78 is 15.5. The van der Waals surface area contributed by atoms with Crippen molar-refractivity contribution in [3.63, 3.8) is 0 Å². The van der Waals surface area contributed by atoms with E-state index in [1.807, 2.05) is 18.3 Å². The van der Waals surface area contributed by atoms with Gasteiger partial charge in [0.1, 0.15) is 22.3 Å². The van der Waals surface area contributed by atoms with Crippen molar-refractivity contribution >= 4 is 120 Å². The summed E-state index contributed by atoms with van der Waals surface area (Å²) in [6.07, 6.45) is 15.6. The average Bonchev–Trinajstić information content (AvgIpc) is 1.39. The maximum absolute atomic E-state index is 7.79. The highest BCUT2D eigenvalue weighted by atomic mass is 16.3. The minimum absolute atomic E-state index is 0.137. The highest BCUT2D eigenvalue weighted by Gasteiger charge is 2.30. The molecule has 103 heavy (non-hydrogen) atoms. The molecule has 0 radical (unpaired) electrons. The Kier molecular flexibility index (Phi) is 13.3. The van der Waals surface area contributed by atoms with Gasteiger partial charge in [-0.25, -0.2) is 0 Å².